The van der Waals surface area contributed by atoms with Crippen LogP contribution in [-0.4, -0.2) is 18.0 Å². The largest absolute Gasteiger partial charge is 0.460 e. The zero-order valence-corrected chi connectivity index (χ0v) is 13.0. The molecule has 0 N–H and O–H groups in total. The Morgan fingerprint density at radius 1 is 0.900 bits per heavy atom. The Bertz CT molecular complexity index is 320. The predicted octanol–water partition coefficient (Wildman–Crippen LogP) is 6.50. The zero-order valence-electron chi connectivity index (χ0n) is 10.8. The summed E-state index contributed by atoms with van der Waals surface area (Å²) in [6.45, 7) is 1.99. The summed E-state index contributed by atoms with van der Waals surface area (Å²) in [5.41, 5.74) is 0. The summed E-state index contributed by atoms with van der Waals surface area (Å²) in [4.78, 5) is 0. The van der Waals surface area contributed by atoms with Gasteiger partial charge in [-0.1, -0.05) is 32.6 Å². The van der Waals surface area contributed by atoms with Crippen LogP contribution < -0.4 is 0 Å². The minimum atomic E-state index is -6.27. The van der Waals surface area contributed by atoms with E-state index < -0.39 is 18.0 Å². The maximum Gasteiger partial charge on any atom is 0.460 e. The van der Waals surface area contributed by atoms with Crippen LogP contribution in [0.15, 0.2) is 9.66 Å². The number of rotatable bonds is 8. The topological polar surface area (TPSA) is 0 Å². The Balaban J connectivity index is 4.60. The maximum atomic E-state index is 13.0. The number of hydrogen-bond donors (Lipinski definition) is 0. The third kappa shape index (κ3) is 5.77. The van der Waals surface area contributed by atoms with Crippen LogP contribution in [0.5, 0.6) is 0 Å². The van der Waals surface area contributed by atoms with Crippen LogP contribution in [0, 0.1) is 0 Å². The van der Waals surface area contributed by atoms with Crippen molar-refractivity contribution in [3.05, 3.63) is 9.66 Å². The number of allylic oxidation sites excluding steroid dienone is 2. The number of alkyl halides is 7. The van der Waals surface area contributed by atoms with Crippen LogP contribution in [0.2, 0.25) is 0 Å². The highest BCUT2D eigenvalue weighted by atomic mass is 127. The normalized spacial score (nSPS) is 14.8. The number of unbranched alkanes of at least 4 members (excludes halogenated alkanes) is 4. The van der Waals surface area contributed by atoms with Crippen molar-refractivity contribution in [1.82, 2.24) is 0 Å². The molecule has 0 spiro atoms. The van der Waals surface area contributed by atoms with E-state index in [2.05, 4.69) is 0 Å². The standard InChI is InChI=1S/C12H16F7I/c1-2-3-4-5-6-7-9(20)8-10(13,14)11(15,16)12(17,18)19/h8H,2-7H2,1H3. The van der Waals surface area contributed by atoms with Gasteiger partial charge in [0.2, 0.25) is 0 Å². The van der Waals surface area contributed by atoms with Gasteiger partial charge in [0.25, 0.3) is 0 Å². The van der Waals surface area contributed by atoms with E-state index in [9.17, 15) is 30.7 Å². The molecule has 8 heteroatoms. The number of halogens is 8. The molecule has 0 rings (SSSR count). The van der Waals surface area contributed by atoms with Gasteiger partial charge >= 0.3 is 18.0 Å². The van der Waals surface area contributed by atoms with Crippen LogP contribution in [0.1, 0.15) is 45.4 Å². The number of hydrogen-bond acceptors (Lipinski definition) is 0. The first-order valence-corrected chi connectivity index (χ1v) is 7.23. The molecule has 0 aliphatic heterocycles. The van der Waals surface area contributed by atoms with E-state index in [-0.39, 0.29) is 16.1 Å². The lowest BCUT2D eigenvalue weighted by molar-refractivity contribution is -0.341. The smallest absolute Gasteiger partial charge is 0.195 e. The van der Waals surface area contributed by atoms with E-state index in [1.165, 1.54) is 22.6 Å². The SMILES string of the molecule is CCCCCCCC(I)=CC(F)(F)C(F)(F)C(F)(F)F. The molecule has 0 saturated carbocycles. The lowest BCUT2D eigenvalue weighted by Gasteiger charge is -2.26. The van der Waals surface area contributed by atoms with Gasteiger partial charge in [-0.2, -0.15) is 30.7 Å². The molecule has 0 fully saturated rings. The molecule has 0 atom stereocenters. The second-order valence-corrected chi connectivity index (χ2v) is 5.84. The third-order valence-corrected chi connectivity index (χ3v) is 3.48. The van der Waals surface area contributed by atoms with Gasteiger partial charge in [0.05, 0.1) is 0 Å². The fraction of sp³-hybridized carbons (Fsp3) is 0.833. The van der Waals surface area contributed by atoms with E-state index in [0.29, 0.717) is 6.42 Å². The van der Waals surface area contributed by atoms with Crippen molar-refractivity contribution in [3.8, 4) is 0 Å². The Hall–Kier alpha value is -0.0200. The van der Waals surface area contributed by atoms with Crippen molar-refractivity contribution in [2.75, 3.05) is 0 Å². The lowest BCUT2D eigenvalue weighted by Crippen LogP contribution is -2.50. The van der Waals surface area contributed by atoms with Gasteiger partial charge in [-0.3, -0.25) is 0 Å². The van der Waals surface area contributed by atoms with Crippen molar-refractivity contribution >= 4 is 22.6 Å². The molecule has 0 saturated heterocycles. The quantitative estimate of drug-likeness (QED) is 0.239. The Labute approximate surface area is 126 Å². The highest BCUT2D eigenvalue weighted by molar-refractivity contribution is 14.1. The van der Waals surface area contributed by atoms with E-state index in [1.54, 1.807) is 0 Å². The van der Waals surface area contributed by atoms with E-state index >= 15 is 0 Å². The average Bonchev–Trinajstić information content (AvgIpc) is 2.26. The van der Waals surface area contributed by atoms with Crippen LogP contribution in [0.25, 0.3) is 0 Å². The molecule has 0 radical (unpaired) electrons. The molecular weight excluding hydrogens is 404 g/mol. The minimum Gasteiger partial charge on any atom is -0.195 e. The van der Waals surface area contributed by atoms with E-state index in [1.807, 2.05) is 6.92 Å². The third-order valence-electron chi connectivity index (χ3n) is 2.63. The molecule has 0 aromatic heterocycles. The van der Waals surface area contributed by atoms with Crippen molar-refractivity contribution in [2.45, 2.75) is 63.5 Å². The first-order chi connectivity index (χ1) is 8.95. The summed E-state index contributed by atoms with van der Waals surface area (Å²) < 4.78 is 86.9. The Morgan fingerprint density at radius 3 is 1.85 bits per heavy atom. The van der Waals surface area contributed by atoms with Crippen molar-refractivity contribution < 1.29 is 30.7 Å². The summed E-state index contributed by atoms with van der Waals surface area (Å²) in [5, 5.41) is 0. The van der Waals surface area contributed by atoms with E-state index in [0.717, 1.165) is 25.7 Å². The van der Waals surface area contributed by atoms with Gasteiger partial charge in [-0.25, -0.2) is 0 Å². The van der Waals surface area contributed by atoms with Crippen molar-refractivity contribution in [3.63, 3.8) is 0 Å². The van der Waals surface area contributed by atoms with Crippen LogP contribution in [0.3, 0.4) is 0 Å². The molecule has 0 bridgehead atoms. The fourth-order valence-corrected chi connectivity index (χ4v) is 2.22. The van der Waals surface area contributed by atoms with Gasteiger partial charge in [-0.15, -0.1) is 0 Å². The molecule has 0 nitrogen and oxygen atoms in total. The first kappa shape index (κ1) is 20.0. The monoisotopic (exact) mass is 420 g/mol. The first-order valence-electron chi connectivity index (χ1n) is 6.15. The second-order valence-electron chi connectivity index (χ2n) is 4.45. The van der Waals surface area contributed by atoms with Gasteiger partial charge in [-0.05, 0) is 39.0 Å². The van der Waals surface area contributed by atoms with Crippen molar-refractivity contribution in [1.29, 1.82) is 0 Å². The molecule has 0 heterocycles. The van der Waals surface area contributed by atoms with Gasteiger partial charge < -0.3 is 0 Å². The molecule has 0 amide bonds. The predicted molar refractivity (Wildman–Crippen MR) is 71.4 cm³/mol. The van der Waals surface area contributed by atoms with Crippen molar-refractivity contribution in [2.24, 2.45) is 0 Å². The van der Waals surface area contributed by atoms with Crippen LogP contribution >= 0.6 is 22.6 Å². The molecule has 0 aromatic rings. The second kappa shape index (κ2) is 7.84. The van der Waals surface area contributed by atoms with E-state index in [4.69, 9.17) is 0 Å². The molecule has 0 aliphatic carbocycles. The summed E-state index contributed by atoms with van der Waals surface area (Å²) in [6.07, 6.45) is -2.40. The fourth-order valence-electron chi connectivity index (χ4n) is 1.45. The van der Waals surface area contributed by atoms with Gasteiger partial charge in [0.15, 0.2) is 0 Å². The average molecular weight is 420 g/mol. The van der Waals surface area contributed by atoms with Gasteiger partial charge in [0, 0.05) is 6.08 Å². The summed E-state index contributed by atoms with van der Waals surface area (Å²) in [7, 11) is 0. The zero-order chi connectivity index (χ0) is 16.0. The highest BCUT2D eigenvalue weighted by Gasteiger charge is 2.72. The maximum absolute atomic E-state index is 13.0. The van der Waals surface area contributed by atoms with Crippen LogP contribution in [-0.2, 0) is 0 Å². The Kier molecular flexibility index (Phi) is 7.83. The molecule has 0 aromatic carbocycles. The van der Waals surface area contributed by atoms with Crippen LogP contribution in [0.4, 0.5) is 30.7 Å². The molecule has 20 heavy (non-hydrogen) atoms. The molecule has 0 unspecified atom stereocenters. The van der Waals surface area contributed by atoms with Gasteiger partial charge in [0.1, 0.15) is 0 Å². The minimum absolute atomic E-state index is 0.0772. The molecule has 0 aliphatic rings. The lowest BCUT2D eigenvalue weighted by atomic mass is 10.1. The summed E-state index contributed by atoms with van der Waals surface area (Å²) >= 11 is 1.38. The molecule has 120 valence electrons. The molecular formula is C12H16F7I. The Morgan fingerprint density at radius 2 is 1.40 bits per heavy atom. The summed E-state index contributed by atoms with van der Waals surface area (Å²) in [5.74, 6) is -11.3. The highest BCUT2D eigenvalue weighted by Crippen LogP contribution is 2.48. The summed E-state index contributed by atoms with van der Waals surface area (Å²) in [6, 6.07) is 0.